The van der Waals surface area contributed by atoms with E-state index in [1.807, 2.05) is 12.1 Å². The number of nitrogens with zero attached hydrogens (tertiary/aromatic N) is 2. The lowest BCUT2D eigenvalue weighted by Crippen LogP contribution is -2.61. The summed E-state index contributed by atoms with van der Waals surface area (Å²) < 4.78 is 13.5. The molecule has 0 unspecified atom stereocenters. The second kappa shape index (κ2) is 6.13. The Morgan fingerprint density at radius 3 is 2.86 bits per heavy atom. The first-order chi connectivity index (χ1) is 10.2. The second-order valence-electron chi connectivity index (χ2n) is 6.31. The summed E-state index contributed by atoms with van der Waals surface area (Å²) in [7, 11) is 0. The van der Waals surface area contributed by atoms with Crippen LogP contribution in [0.2, 0.25) is 0 Å². The Bertz CT molecular complexity index is 535. The molecule has 2 aliphatic rings. The van der Waals surface area contributed by atoms with Gasteiger partial charge in [-0.2, -0.15) is 5.26 Å². The average molecular weight is 287 g/mol. The highest BCUT2D eigenvalue weighted by Crippen LogP contribution is 2.35. The zero-order chi connectivity index (χ0) is 14.7. The molecule has 1 spiro atoms. The number of nitriles is 1. The van der Waals surface area contributed by atoms with Gasteiger partial charge in [-0.15, -0.1) is 0 Å². The van der Waals surface area contributed by atoms with E-state index in [0.717, 1.165) is 31.7 Å². The monoisotopic (exact) mass is 287 g/mol. The Balaban J connectivity index is 1.80. The van der Waals surface area contributed by atoms with Gasteiger partial charge >= 0.3 is 0 Å². The first kappa shape index (κ1) is 14.5. The van der Waals surface area contributed by atoms with Crippen molar-refractivity contribution in [2.75, 3.05) is 19.6 Å². The van der Waals surface area contributed by atoms with E-state index in [2.05, 4.69) is 10.2 Å². The molecule has 0 atom stereocenters. The molecule has 21 heavy (non-hydrogen) atoms. The van der Waals surface area contributed by atoms with Crippen molar-refractivity contribution in [2.24, 2.45) is 0 Å². The second-order valence-corrected chi connectivity index (χ2v) is 6.31. The molecule has 1 heterocycles. The van der Waals surface area contributed by atoms with Gasteiger partial charge in [-0.1, -0.05) is 25.3 Å². The number of halogens is 1. The van der Waals surface area contributed by atoms with Crippen molar-refractivity contribution in [1.29, 1.82) is 5.26 Å². The summed E-state index contributed by atoms with van der Waals surface area (Å²) in [6, 6.07) is 6.87. The number of piperazine rings is 1. The fraction of sp³-hybridized carbons (Fsp3) is 0.588. The predicted octanol–water partition coefficient (Wildman–Crippen LogP) is 2.81. The van der Waals surface area contributed by atoms with Gasteiger partial charge in [0.1, 0.15) is 11.9 Å². The summed E-state index contributed by atoms with van der Waals surface area (Å²) >= 11 is 0. The van der Waals surface area contributed by atoms with E-state index < -0.39 is 5.82 Å². The van der Waals surface area contributed by atoms with Gasteiger partial charge in [-0.05, 0) is 30.5 Å². The lowest BCUT2D eigenvalue weighted by molar-refractivity contribution is 0.0209. The molecule has 1 aromatic rings. The van der Waals surface area contributed by atoms with Gasteiger partial charge < -0.3 is 5.32 Å². The van der Waals surface area contributed by atoms with Crippen molar-refractivity contribution in [3.05, 3.63) is 35.1 Å². The number of hydrogen-bond donors (Lipinski definition) is 1. The van der Waals surface area contributed by atoms with Crippen LogP contribution in [0.1, 0.15) is 43.2 Å². The molecule has 4 heteroatoms. The fourth-order valence-corrected chi connectivity index (χ4v) is 3.81. The highest BCUT2D eigenvalue weighted by atomic mass is 19.1. The van der Waals surface area contributed by atoms with Crippen LogP contribution in [0.4, 0.5) is 4.39 Å². The van der Waals surface area contributed by atoms with Gasteiger partial charge in [0, 0.05) is 31.7 Å². The first-order valence-electron chi connectivity index (χ1n) is 7.88. The fourth-order valence-electron chi connectivity index (χ4n) is 3.81. The summed E-state index contributed by atoms with van der Waals surface area (Å²) in [5.74, 6) is -0.422. The van der Waals surface area contributed by atoms with Gasteiger partial charge in [0.25, 0.3) is 0 Å². The van der Waals surface area contributed by atoms with Crippen LogP contribution in [0.5, 0.6) is 0 Å². The van der Waals surface area contributed by atoms with Gasteiger partial charge in [-0.3, -0.25) is 4.90 Å². The Labute approximate surface area is 125 Å². The molecule has 0 amide bonds. The zero-order valence-electron chi connectivity index (χ0n) is 12.4. The Morgan fingerprint density at radius 1 is 1.29 bits per heavy atom. The molecule has 1 N–H and O–H groups in total. The molecule has 112 valence electrons. The van der Waals surface area contributed by atoms with Crippen LogP contribution in [-0.4, -0.2) is 30.1 Å². The van der Waals surface area contributed by atoms with Crippen molar-refractivity contribution in [2.45, 2.75) is 44.2 Å². The van der Waals surface area contributed by atoms with E-state index in [1.165, 1.54) is 38.2 Å². The minimum Gasteiger partial charge on any atom is -0.314 e. The smallest absolute Gasteiger partial charge is 0.140 e. The van der Waals surface area contributed by atoms with E-state index in [9.17, 15) is 4.39 Å². The molecule has 2 fully saturated rings. The van der Waals surface area contributed by atoms with E-state index in [4.69, 9.17) is 5.26 Å². The normalized spacial score (nSPS) is 22.1. The topological polar surface area (TPSA) is 39.1 Å². The molecular weight excluding hydrogens is 265 g/mol. The minimum absolute atomic E-state index is 0.153. The molecule has 0 bridgehead atoms. The molecular formula is C17H22FN3. The lowest BCUT2D eigenvalue weighted by atomic mass is 9.79. The van der Waals surface area contributed by atoms with Crippen molar-refractivity contribution >= 4 is 0 Å². The van der Waals surface area contributed by atoms with E-state index in [1.54, 1.807) is 6.07 Å². The van der Waals surface area contributed by atoms with Crippen LogP contribution in [0.25, 0.3) is 0 Å². The van der Waals surface area contributed by atoms with Crippen molar-refractivity contribution < 1.29 is 4.39 Å². The lowest BCUT2D eigenvalue weighted by Gasteiger charge is -2.50. The molecule has 0 radical (unpaired) electrons. The summed E-state index contributed by atoms with van der Waals surface area (Å²) in [4.78, 5) is 2.55. The molecule has 3 rings (SSSR count). The summed E-state index contributed by atoms with van der Waals surface area (Å²) in [5.41, 5.74) is 1.46. The van der Waals surface area contributed by atoms with Crippen LogP contribution >= 0.6 is 0 Å². The van der Waals surface area contributed by atoms with Crippen LogP contribution < -0.4 is 5.32 Å². The number of benzene rings is 1. The number of hydrogen-bond acceptors (Lipinski definition) is 3. The third kappa shape index (κ3) is 2.95. The highest BCUT2D eigenvalue weighted by molar-refractivity contribution is 5.34. The third-order valence-electron chi connectivity index (χ3n) is 4.99. The standard InChI is InChI=1S/C17H22FN3/c18-16-5-4-14(10-15(16)11-19)12-21-9-8-20-13-17(21)6-2-1-3-7-17/h4-5,10,20H,1-3,6-9,12-13H2. The number of nitrogens with one attached hydrogen (secondary N) is 1. The Hall–Kier alpha value is -1.44. The molecule has 1 aliphatic heterocycles. The van der Waals surface area contributed by atoms with Crippen molar-refractivity contribution in [3.63, 3.8) is 0 Å². The molecule has 1 aromatic carbocycles. The Morgan fingerprint density at radius 2 is 2.10 bits per heavy atom. The molecule has 1 saturated heterocycles. The minimum atomic E-state index is -0.422. The highest BCUT2D eigenvalue weighted by Gasteiger charge is 2.39. The van der Waals surface area contributed by atoms with Crippen molar-refractivity contribution in [3.8, 4) is 6.07 Å². The van der Waals surface area contributed by atoms with E-state index >= 15 is 0 Å². The van der Waals surface area contributed by atoms with Crippen LogP contribution in [0.3, 0.4) is 0 Å². The quantitative estimate of drug-likeness (QED) is 0.909. The predicted molar refractivity (Wildman–Crippen MR) is 80.2 cm³/mol. The molecule has 1 aliphatic carbocycles. The average Bonchev–Trinajstić information content (AvgIpc) is 2.52. The van der Waals surface area contributed by atoms with Gasteiger partial charge in [0.2, 0.25) is 0 Å². The van der Waals surface area contributed by atoms with Gasteiger partial charge in [0.15, 0.2) is 0 Å². The summed E-state index contributed by atoms with van der Waals surface area (Å²) in [5, 5.41) is 12.5. The maximum Gasteiger partial charge on any atom is 0.140 e. The summed E-state index contributed by atoms with van der Waals surface area (Å²) in [6.45, 7) is 3.91. The summed E-state index contributed by atoms with van der Waals surface area (Å²) in [6.07, 6.45) is 6.42. The number of rotatable bonds is 2. The van der Waals surface area contributed by atoms with Crippen molar-refractivity contribution in [1.82, 2.24) is 10.2 Å². The van der Waals surface area contributed by atoms with Crippen LogP contribution in [0, 0.1) is 17.1 Å². The van der Waals surface area contributed by atoms with Gasteiger partial charge in [-0.25, -0.2) is 4.39 Å². The first-order valence-corrected chi connectivity index (χ1v) is 7.88. The molecule has 3 nitrogen and oxygen atoms in total. The van der Waals surface area contributed by atoms with Crippen LogP contribution in [0.15, 0.2) is 18.2 Å². The van der Waals surface area contributed by atoms with E-state index in [0.29, 0.717) is 0 Å². The maximum atomic E-state index is 13.5. The maximum absolute atomic E-state index is 13.5. The molecule has 1 saturated carbocycles. The Kier molecular flexibility index (Phi) is 4.23. The molecule has 0 aromatic heterocycles. The van der Waals surface area contributed by atoms with Gasteiger partial charge in [0.05, 0.1) is 5.56 Å². The SMILES string of the molecule is N#Cc1cc(CN2CCNCC23CCCCC3)ccc1F. The third-order valence-corrected chi connectivity index (χ3v) is 4.99. The largest absolute Gasteiger partial charge is 0.314 e. The van der Waals surface area contributed by atoms with Crippen LogP contribution in [-0.2, 0) is 6.54 Å². The van der Waals surface area contributed by atoms with E-state index in [-0.39, 0.29) is 11.1 Å². The zero-order valence-corrected chi connectivity index (χ0v) is 12.4.